The predicted octanol–water partition coefficient (Wildman–Crippen LogP) is 3.95. The first-order valence-electron chi connectivity index (χ1n) is 8.38. The Morgan fingerprint density at radius 1 is 1.00 bits per heavy atom. The first kappa shape index (κ1) is 18.9. The molecule has 2 N–H and O–H groups in total. The molecule has 1 heterocycles. The van der Waals surface area contributed by atoms with Crippen LogP contribution < -0.4 is 10.0 Å². The second-order valence-electron chi connectivity index (χ2n) is 6.41. The summed E-state index contributed by atoms with van der Waals surface area (Å²) in [5, 5.41) is 5.91. The quantitative estimate of drug-likeness (QED) is 0.711. The second-order valence-corrected chi connectivity index (χ2v) is 8.09. The van der Waals surface area contributed by atoms with Gasteiger partial charge in [0.2, 0.25) is 10.0 Å². The maximum absolute atomic E-state index is 12.2. The van der Waals surface area contributed by atoms with Gasteiger partial charge < -0.3 is 5.32 Å². The molecule has 1 aliphatic rings. The Morgan fingerprint density at radius 2 is 1.69 bits per heavy atom. The second kappa shape index (κ2) is 7.37. The lowest BCUT2D eigenvalue weighted by molar-refractivity contribution is 0.507. The molecule has 0 fully saturated rings. The number of rotatable bonds is 4. The number of hydrogen-bond donors (Lipinski definition) is 2. The van der Waals surface area contributed by atoms with Crippen LogP contribution in [0, 0.1) is 0 Å². The third-order valence-corrected chi connectivity index (χ3v) is 6.35. The van der Waals surface area contributed by atoms with Crippen molar-refractivity contribution in [2.24, 2.45) is 0 Å². The molecule has 2 atom stereocenters. The van der Waals surface area contributed by atoms with Crippen molar-refractivity contribution in [1.29, 1.82) is 0 Å². The Bertz CT molecular complexity index is 1030. The van der Waals surface area contributed by atoms with Gasteiger partial charge in [-0.05, 0) is 34.9 Å². The molecule has 0 bridgehead atoms. The van der Waals surface area contributed by atoms with E-state index in [1.54, 1.807) is 12.1 Å². The minimum absolute atomic E-state index is 0. The Hall–Kier alpha value is -1.92. The Labute approximate surface area is 160 Å². The van der Waals surface area contributed by atoms with E-state index in [4.69, 9.17) is 0 Å². The van der Waals surface area contributed by atoms with Crippen molar-refractivity contribution in [2.45, 2.75) is 23.9 Å². The van der Waals surface area contributed by atoms with E-state index < -0.39 is 10.0 Å². The zero-order valence-corrected chi connectivity index (χ0v) is 16.0. The Morgan fingerprint density at radius 3 is 2.54 bits per heavy atom. The summed E-state index contributed by atoms with van der Waals surface area (Å²) in [5.74, 6) is 0. The molecular weight excluding hydrogens is 368 g/mol. The maximum Gasteiger partial charge on any atom is 0.241 e. The minimum Gasteiger partial charge on any atom is -0.308 e. The molecule has 0 aromatic heterocycles. The van der Waals surface area contributed by atoms with Crippen molar-refractivity contribution in [2.75, 3.05) is 6.54 Å². The zero-order valence-electron chi connectivity index (χ0n) is 14.3. The predicted molar refractivity (Wildman–Crippen MR) is 107 cm³/mol. The normalized spacial score (nSPS) is 18.9. The Kier molecular flexibility index (Phi) is 5.34. The van der Waals surface area contributed by atoms with Crippen molar-refractivity contribution in [1.82, 2.24) is 10.0 Å². The molecule has 0 radical (unpaired) electrons. The van der Waals surface area contributed by atoms with Gasteiger partial charge in [-0.1, -0.05) is 60.7 Å². The minimum atomic E-state index is -3.39. The molecular formula is C20H21ClN2O2S. The van der Waals surface area contributed by atoms with Crippen molar-refractivity contribution in [3.05, 3.63) is 77.9 Å². The molecule has 3 aromatic carbocycles. The summed E-state index contributed by atoms with van der Waals surface area (Å²) in [7, 11) is -3.39. The summed E-state index contributed by atoms with van der Waals surface area (Å²) in [5.41, 5.74) is 2.05. The number of benzene rings is 3. The molecule has 0 spiro atoms. The summed E-state index contributed by atoms with van der Waals surface area (Å²) in [6, 6.07) is 21.6. The van der Waals surface area contributed by atoms with Crippen LogP contribution in [0.25, 0.3) is 10.8 Å². The first-order chi connectivity index (χ1) is 12.1. The van der Waals surface area contributed by atoms with Gasteiger partial charge in [-0.15, -0.1) is 12.4 Å². The van der Waals surface area contributed by atoms with E-state index in [9.17, 15) is 8.42 Å². The van der Waals surface area contributed by atoms with Crippen LogP contribution in [0.5, 0.6) is 0 Å². The third-order valence-electron chi connectivity index (χ3n) is 4.80. The zero-order chi connectivity index (χ0) is 17.4. The van der Waals surface area contributed by atoms with Crippen LogP contribution in [0.3, 0.4) is 0 Å². The van der Waals surface area contributed by atoms with Crippen molar-refractivity contribution >= 4 is 33.2 Å². The van der Waals surface area contributed by atoms with Crippen LogP contribution in [0.1, 0.15) is 30.1 Å². The fourth-order valence-electron chi connectivity index (χ4n) is 3.51. The lowest BCUT2D eigenvalue weighted by atomic mass is 9.99. The molecule has 0 saturated heterocycles. The van der Waals surface area contributed by atoms with Gasteiger partial charge in [-0.25, -0.2) is 13.1 Å². The number of halogens is 1. The van der Waals surface area contributed by atoms with Crippen LogP contribution in [-0.2, 0) is 10.0 Å². The average Bonchev–Trinajstić information content (AvgIpc) is 2.90. The highest BCUT2D eigenvalue weighted by Gasteiger charge is 2.33. The van der Waals surface area contributed by atoms with Gasteiger partial charge in [-0.2, -0.15) is 0 Å². The van der Waals surface area contributed by atoms with E-state index in [-0.39, 0.29) is 24.5 Å². The number of sulfonamides is 1. The van der Waals surface area contributed by atoms with Gasteiger partial charge in [0.05, 0.1) is 10.9 Å². The molecule has 4 rings (SSSR count). The Balaban J connectivity index is 0.00000196. The summed E-state index contributed by atoms with van der Waals surface area (Å²) >= 11 is 0. The van der Waals surface area contributed by atoms with E-state index in [2.05, 4.69) is 47.3 Å². The molecule has 136 valence electrons. The number of nitrogens with one attached hydrogen (secondary N) is 2. The summed E-state index contributed by atoms with van der Waals surface area (Å²) in [6.07, 6.45) is 0. The van der Waals surface area contributed by atoms with Crippen LogP contribution >= 0.6 is 12.4 Å². The van der Waals surface area contributed by atoms with E-state index in [1.807, 2.05) is 24.3 Å². The number of fused-ring (bicyclic) bond motifs is 2. The standard InChI is InChI=1S/C20H20N2O2S.ClH/c1-14(16-11-6-8-15-7-2-3-9-17(15)16)21-13-19-18-10-4-5-12-20(18)25(23,24)22-19;/h2-12,14,19,21-22H,13H2,1H3;1H/t14-,19?;/m1./s1. The molecule has 6 heteroatoms. The molecule has 1 aliphatic heterocycles. The highest BCUT2D eigenvalue weighted by atomic mass is 35.5. The summed E-state index contributed by atoms with van der Waals surface area (Å²) < 4.78 is 27.2. The molecule has 0 aliphatic carbocycles. The number of hydrogen-bond acceptors (Lipinski definition) is 3. The summed E-state index contributed by atoms with van der Waals surface area (Å²) in [6.45, 7) is 2.65. The van der Waals surface area contributed by atoms with E-state index in [1.165, 1.54) is 16.3 Å². The van der Waals surface area contributed by atoms with Gasteiger partial charge >= 0.3 is 0 Å². The molecule has 0 saturated carbocycles. The van der Waals surface area contributed by atoms with Crippen LogP contribution in [0.2, 0.25) is 0 Å². The monoisotopic (exact) mass is 388 g/mol. The fraction of sp³-hybridized carbons (Fsp3) is 0.200. The fourth-order valence-corrected chi connectivity index (χ4v) is 5.00. The molecule has 4 nitrogen and oxygen atoms in total. The highest BCUT2D eigenvalue weighted by molar-refractivity contribution is 7.89. The lowest BCUT2D eigenvalue weighted by Crippen LogP contribution is -2.31. The van der Waals surface area contributed by atoms with Crippen LogP contribution in [-0.4, -0.2) is 15.0 Å². The van der Waals surface area contributed by atoms with Crippen LogP contribution in [0.4, 0.5) is 0 Å². The smallest absolute Gasteiger partial charge is 0.241 e. The van der Waals surface area contributed by atoms with Gasteiger partial charge in [0.25, 0.3) is 0 Å². The third kappa shape index (κ3) is 3.35. The molecule has 3 aromatic rings. The lowest BCUT2D eigenvalue weighted by Gasteiger charge is -2.19. The van der Waals surface area contributed by atoms with Gasteiger partial charge in [0.15, 0.2) is 0 Å². The molecule has 1 unspecified atom stereocenters. The average molecular weight is 389 g/mol. The van der Waals surface area contributed by atoms with Gasteiger partial charge in [-0.3, -0.25) is 0 Å². The van der Waals surface area contributed by atoms with Gasteiger partial charge in [0, 0.05) is 12.6 Å². The first-order valence-corrected chi connectivity index (χ1v) is 9.87. The van der Waals surface area contributed by atoms with Crippen LogP contribution in [0.15, 0.2) is 71.6 Å². The van der Waals surface area contributed by atoms with E-state index >= 15 is 0 Å². The summed E-state index contributed by atoms with van der Waals surface area (Å²) in [4.78, 5) is 0.389. The molecule has 26 heavy (non-hydrogen) atoms. The highest BCUT2D eigenvalue weighted by Crippen LogP contribution is 2.31. The van der Waals surface area contributed by atoms with Crippen molar-refractivity contribution in [3.8, 4) is 0 Å². The van der Waals surface area contributed by atoms with Crippen molar-refractivity contribution in [3.63, 3.8) is 0 Å². The molecule has 0 amide bonds. The largest absolute Gasteiger partial charge is 0.308 e. The van der Waals surface area contributed by atoms with E-state index in [0.717, 1.165) is 5.56 Å². The maximum atomic E-state index is 12.2. The van der Waals surface area contributed by atoms with Gasteiger partial charge in [0.1, 0.15) is 0 Å². The van der Waals surface area contributed by atoms with E-state index in [0.29, 0.717) is 11.4 Å². The SMILES string of the molecule is C[C@@H](NCC1NS(=O)(=O)c2ccccc21)c1cccc2ccccc12.Cl. The van der Waals surface area contributed by atoms with Crippen molar-refractivity contribution < 1.29 is 8.42 Å². The topological polar surface area (TPSA) is 58.2 Å².